The summed E-state index contributed by atoms with van der Waals surface area (Å²) < 4.78 is 0. The Morgan fingerprint density at radius 3 is 2.83 bits per heavy atom. The van der Waals surface area contributed by atoms with Gasteiger partial charge in [-0.3, -0.25) is 9.88 Å². The first kappa shape index (κ1) is 18.9. The maximum absolute atomic E-state index is 4.98. The molecule has 2 aliphatic rings. The Bertz CT molecular complexity index is 993. The summed E-state index contributed by atoms with van der Waals surface area (Å²) in [4.78, 5) is 21.7. The Morgan fingerprint density at radius 2 is 2.03 bits per heavy atom. The number of fused-ring (bicyclic) bond motifs is 3. The van der Waals surface area contributed by atoms with Crippen molar-refractivity contribution < 1.29 is 0 Å². The van der Waals surface area contributed by atoms with Gasteiger partial charge < -0.3 is 10.2 Å². The molecule has 1 saturated heterocycles. The second kappa shape index (κ2) is 7.97. The largest absolute Gasteiger partial charge is 0.366 e. The van der Waals surface area contributed by atoms with Gasteiger partial charge in [0.2, 0.25) is 0 Å². The highest BCUT2D eigenvalue weighted by molar-refractivity contribution is 7.19. The van der Waals surface area contributed by atoms with Crippen LogP contribution in [0.3, 0.4) is 0 Å². The summed E-state index contributed by atoms with van der Waals surface area (Å²) in [7, 11) is 2.20. The fraction of sp³-hybridized carbons (Fsp3) is 0.500. The molecule has 6 nitrogen and oxygen atoms in total. The smallest absolute Gasteiger partial charge is 0.164 e. The Kier molecular flexibility index (Phi) is 5.20. The molecule has 3 aromatic heterocycles. The molecule has 3 aromatic rings. The van der Waals surface area contributed by atoms with E-state index in [9.17, 15) is 0 Å². The lowest BCUT2D eigenvalue weighted by atomic mass is 10.1. The van der Waals surface area contributed by atoms with Crippen molar-refractivity contribution >= 4 is 27.4 Å². The van der Waals surface area contributed by atoms with Gasteiger partial charge >= 0.3 is 0 Å². The van der Waals surface area contributed by atoms with E-state index < -0.39 is 0 Å². The number of anilines is 1. The number of rotatable bonds is 5. The van der Waals surface area contributed by atoms with Crippen molar-refractivity contribution in [1.29, 1.82) is 0 Å². The highest BCUT2D eigenvalue weighted by Crippen LogP contribution is 2.40. The zero-order valence-corrected chi connectivity index (χ0v) is 18.0. The minimum atomic E-state index is 0.329. The molecule has 5 rings (SSSR count). The first-order chi connectivity index (χ1) is 14.2. The van der Waals surface area contributed by atoms with Crippen LogP contribution in [-0.4, -0.2) is 70.6 Å². The minimum absolute atomic E-state index is 0.329. The Labute approximate surface area is 176 Å². The van der Waals surface area contributed by atoms with Gasteiger partial charge in [-0.15, -0.1) is 11.3 Å². The van der Waals surface area contributed by atoms with Gasteiger partial charge in [-0.2, -0.15) is 0 Å². The second-order valence-corrected chi connectivity index (χ2v) is 9.41. The number of piperazine rings is 1. The molecule has 0 radical (unpaired) electrons. The van der Waals surface area contributed by atoms with Gasteiger partial charge in [0.05, 0.1) is 5.39 Å². The predicted molar refractivity (Wildman–Crippen MR) is 120 cm³/mol. The summed E-state index contributed by atoms with van der Waals surface area (Å²) in [6.07, 6.45) is 7.21. The lowest BCUT2D eigenvalue weighted by Gasteiger charge is -2.34. The van der Waals surface area contributed by atoms with Gasteiger partial charge in [0.1, 0.15) is 10.6 Å². The molecule has 0 bridgehead atoms. The summed E-state index contributed by atoms with van der Waals surface area (Å²) in [6.45, 7) is 7.87. The molecule has 1 atom stereocenters. The van der Waals surface area contributed by atoms with E-state index in [0.717, 1.165) is 61.2 Å². The van der Waals surface area contributed by atoms with Gasteiger partial charge in [0.25, 0.3) is 0 Å². The van der Waals surface area contributed by atoms with Crippen LogP contribution in [-0.2, 0) is 12.8 Å². The summed E-state index contributed by atoms with van der Waals surface area (Å²) in [6, 6.07) is 4.31. The summed E-state index contributed by atoms with van der Waals surface area (Å²) in [5, 5.41) is 5.00. The molecule has 1 fully saturated rings. The Morgan fingerprint density at radius 1 is 1.17 bits per heavy atom. The van der Waals surface area contributed by atoms with Gasteiger partial charge in [-0.1, -0.05) is 0 Å². The van der Waals surface area contributed by atoms with E-state index in [-0.39, 0.29) is 0 Å². The molecular weight excluding hydrogens is 380 g/mol. The van der Waals surface area contributed by atoms with E-state index in [1.165, 1.54) is 28.7 Å². The molecule has 1 unspecified atom stereocenters. The molecule has 1 N–H and O–H groups in total. The molecule has 29 heavy (non-hydrogen) atoms. The molecule has 0 aromatic carbocycles. The van der Waals surface area contributed by atoms with Gasteiger partial charge in [-0.05, 0) is 50.9 Å². The molecule has 1 aliphatic heterocycles. The lowest BCUT2D eigenvalue weighted by molar-refractivity contribution is 0.151. The van der Waals surface area contributed by atoms with Crippen molar-refractivity contribution in [3.8, 4) is 11.4 Å². The number of hydrogen-bond donors (Lipinski definition) is 1. The first-order valence-corrected chi connectivity index (χ1v) is 11.4. The molecule has 0 spiro atoms. The van der Waals surface area contributed by atoms with E-state index in [4.69, 9.17) is 9.97 Å². The number of nitrogens with zero attached hydrogens (tertiary/aromatic N) is 5. The second-order valence-electron chi connectivity index (χ2n) is 8.32. The third-order valence-corrected chi connectivity index (χ3v) is 7.18. The molecular formula is C22H28N6S. The zero-order chi connectivity index (χ0) is 19.8. The number of nitrogens with one attached hydrogen (secondary N) is 1. The van der Waals surface area contributed by atoms with Crippen LogP contribution in [0.2, 0.25) is 0 Å². The van der Waals surface area contributed by atoms with E-state index in [1.54, 1.807) is 6.20 Å². The highest BCUT2D eigenvalue weighted by Gasteiger charge is 2.24. The molecule has 4 heterocycles. The third-order valence-electron chi connectivity index (χ3n) is 6.00. The van der Waals surface area contributed by atoms with Crippen LogP contribution in [0.15, 0.2) is 24.5 Å². The van der Waals surface area contributed by atoms with Crippen molar-refractivity contribution in [3.05, 3.63) is 35.0 Å². The molecule has 1 aliphatic carbocycles. The molecule has 152 valence electrons. The monoisotopic (exact) mass is 408 g/mol. The number of likely N-dealkylation sites (N-methyl/N-ethyl adjacent to an activating group) is 1. The van der Waals surface area contributed by atoms with E-state index >= 15 is 0 Å². The van der Waals surface area contributed by atoms with Crippen LogP contribution in [0, 0.1) is 0 Å². The number of aromatic nitrogens is 3. The van der Waals surface area contributed by atoms with Crippen molar-refractivity contribution in [2.45, 2.75) is 32.2 Å². The van der Waals surface area contributed by atoms with E-state index in [2.05, 4.69) is 34.1 Å². The predicted octanol–water partition coefficient (Wildman–Crippen LogP) is 3.29. The van der Waals surface area contributed by atoms with Crippen molar-refractivity contribution in [3.63, 3.8) is 0 Å². The first-order valence-electron chi connectivity index (χ1n) is 10.6. The van der Waals surface area contributed by atoms with Crippen LogP contribution in [0.4, 0.5) is 5.82 Å². The van der Waals surface area contributed by atoms with Gasteiger partial charge in [0.15, 0.2) is 5.82 Å². The normalized spacial score (nSPS) is 18.8. The van der Waals surface area contributed by atoms with Crippen molar-refractivity contribution in [2.75, 3.05) is 45.1 Å². The number of pyridine rings is 1. The molecule has 7 heteroatoms. The van der Waals surface area contributed by atoms with Crippen molar-refractivity contribution in [1.82, 2.24) is 24.8 Å². The minimum Gasteiger partial charge on any atom is -0.366 e. The van der Waals surface area contributed by atoms with E-state index in [1.807, 2.05) is 29.7 Å². The average Bonchev–Trinajstić information content (AvgIpc) is 3.31. The Hall–Kier alpha value is -2.09. The fourth-order valence-electron chi connectivity index (χ4n) is 4.42. The fourth-order valence-corrected chi connectivity index (χ4v) is 5.68. The van der Waals surface area contributed by atoms with Crippen LogP contribution in [0.25, 0.3) is 21.6 Å². The van der Waals surface area contributed by atoms with Crippen LogP contribution in [0.1, 0.15) is 23.8 Å². The topological polar surface area (TPSA) is 57.2 Å². The highest BCUT2D eigenvalue weighted by atomic mass is 32.1. The standard InChI is InChI=1S/C22H28N6S/c1-15(14-28-11-9-27(2)10-12-28)24-21-19-17-6-3-7-18(17)29-22(19)26-20(25-21)16-5-4-8-23-13-16/h4-5,8,13,15H,3,6-7,9-12,14H2,1-2H3,(H,24,25,26). The summed E-state index contributed by atoms with van der Waals surface area (Å²) >= 11 is 1.84. The number of thiophene rings is 1. The summed E-state index contributed by atoms with van der Waals surface area (Å²) in [5.41, 5.74) is 2.44. The van der Waals surface area contributed by atoms with Gasteiger partial charge in [0, 0.05) is 61.6 Å². The van der Waals surface area contributed by atoms with Crippen molar-refractivity contribution in [2.24, 2.45) is 0 Å². The number of aryl methyl sites for hydroxylation is 2. The number of hydrogen-bond acceptors (Lipinski definition) is 7. The quantitative estimate of drug-likeness (QED) is 0.699. The Balaban J connectivity index is 1.46. The maximum atomic E-state index is 4.98. The molecule has 0 amide bonds. The maximum Gasteiger partial charge on any atom is 0.164 e. The zero-order valence-electron chi connectivity index (χ0n) is 17.2. The third kappa shape index (κ3) is 3.86. The lowest BCUT2D eigenvalue weighted by Crippen LogP contribution is -2.47. The van der Waals surface area contributed by atoms with Crippen LogP contribution >= 0.6 is 11.3 Å². The SMILES string of the molecule is CC(CN1CCN(C)CC1)Nc1nc(-c2cccnc2)nc2sc3c(c12)CCC3. The van der Waals surface area contributed by atoms with Crippen LogP contribution in [0.5, 0.6) is 0 Å². The van der Waals surface area contributed by atoms with Crippen LogP contribution < -0.4 is 5.32 Å². The molecule has 0 saturated carbocycles. The van der Waals surface area contributed by atoms with Gasteiger partial charge in [-0.25, -0.2) is 9.97 Å². The average molecular weight is 409 g/mol. The summed E-state index contributed by atoms with van der Waals surface area (Å²) in [5.74, 6) is 1.76. The van der Waals surface area contributed by atoms with E-state index in [0.29, 0.717) is 6.04 Å².